The second-order valence-corrected chi connectivity index (χ2v) is 8.31. The Labute approximate surface area is 164 Å². The molecule has 150 valence electrons. The summed E-state index contributed by atoms with van der Waals surface area (Å²) in [5.74, 6) is 1.40. The molecule has 2 aromatic rings. The van der Waals surface area contributed by atoms with Crippen LogP contribution in [0.15, 0.2) is 42.5 Å². The molecular formula is C19H22N2O6S. The number of sulfonamides is 1. The van der Waals surface area contributed by atoms with Gasteiger partial charge >= 0.3 is 0 Å². The number of hydrogen-bond acceptors (Lipinski definition) is 6. The molecule has 0 fully saturated rings. The summed E-state index contributed by atoms with van der Waals surface area (Å²) >= 11 is 0. The van der Waals surface area contributed by atoms with Crippen molar-refractivity contribution in [2.75, 3.05) is 29.7 Å². The van der Waals surface area contributed by atoms with Crippen LogP contribution in [-0.4, -0.2) is 40.5 Å². The Morgan fingerprint density at radius 2 is 1.86 bits per heavy atom. The van der Waals surface area contributed by atoms with Crippen molar-refractivity contribution in [2.24, 2.45) is 0 Å². The third-order valence-electron chi connectivity index (χ3n) is 4.28. The van der Waals surface area contributed by atoms with Crippen molar-refractivity contribution in [3.63, 3.8) is 0 Å². The number of nitrogens with one attached hydrogen (secondary N) is 1. The predicted molar refractivity (Wildman–Crippen MR) is 106 cm³/mol. The second kappa shape index (κ2) is 7.97. The Balaban J connectivity index is 1.65. The number of amides is 1. The first-order chi connectivity index (χ1) is 13.3. The quantitative estimate of drug-likeness (QED) is 0.760. The minimum Gasteiger partial charge on any atom is -0.481 e. The van der Waals surface area contributed by atoms with E-state index in [1.165, 1.54) is 11.4 Å². The third-order valence-corrected chi connectivity index (χ3v) is 5.49. The average Bonchev–Trinajstić information content (AvgIpc) is 3.13. The molecule has 0 saturated heterocycles. The molecule has 0 aliphatic carbocycles. The minimum absolute atomic E-state index is 0.165. The number of rotatable bonds is 7. The van der Waals surface area contributed by atoms with Crippen molar-refractivity contribution < 1.29 is 27.4 Å². The van der Waals surface area contributed by atoms with Crippen molar-refractivity contribution >= 4 is 27.3 Å². The Morgan fingerprint density at radius 3 is 2.50 bits per heavy atom. The van der Waals surface area contributed by atoms with Gasteiger partial charge in [-0.15, -0.1) is 0 Å². The monoisotopic (exact) mass is 406 g/mol. The number of carbonyl (C=O) groups excluding carboxylic acids is 1. The van der Waals surface area contributed by atoms with Crippen LogP contribution in [0.3, 0.4) is 0 Å². The maximum atomic E-state index is 12.6. The molecule has 1 heterocycles. The van der Waals surface area contributed by atoms with E-state index in [1.807, 2.05) is 6.92 Å². The van der Waals surface area contributed by atoms with Crippen LogP contribution in [-0.2, 0) is 14.8 Å². The number of hydrogen-bond donors (Lipinski definition) is 1. The summed E-state index contributed by atoms with van der Waals surface area (Å²) in [6, 6.07) is 11.7. The number of anilines is 2. The van der Waals surface area contributed by atoms with Gasteiger partial charge in [0.15, 0.2) is 17.6 Å². The fourth-order valence-electron chi connectivity index (χ4n) is 2.61. The van der Waals surface area contributed by atoms with E-state index in [4.69, 9.17) is 14.2 Å². The summed E-state index contributed by atoms with van der Waals surface area (Å²) in [5.41, 5.74) is 1.09. The molecule has 1 amide bonds. The van der Waals surface area contributed by atoms with E-state index in [0.29, 0.717) is 35.0 Å². The van der Waals surface area contributed by atoms with Crippen molar-refractivity contribution in [3.05, 3.63) is 42.5 Å². The van der Waals surface area contributed by atoms with Crippen LogP contribution >= 0.6 is 0 Å². The summed E-state index contributed by atoms with van der Waals surface area (Å²) in [6.45, 7) is 2.01. The van der Waals surface area contributed by atoms with Gasteiger partial charge in [-0.25, -0.2) is 8.42 Å². The van der Waals surface area contributed by atoms with Crippen LogP contribution in [0, 0.1) is 0 Å². The van der Waals surface area contributed by atoms with Crippen molar-refractivity contribution in [3.8, 4) is 17.2 Å². The van der Waals surface area contributed by atoms with Gasteiger partial charge in [-0.2, -0.15) is 0 Å². The molecule has 0 bridgehead atoms. The first-order valence-corrected chi connectivity index (χ1v) is 10.5. The van der Waals surface area contributed by atoms with Gasteiger partial charge < -0.3 is 19.5 Å². The molecule has 0 spiro atoms. The maximum absolute atomic E-state index is 12.6. The highest BCUT2D eigenvalue weighted by atomic mass is 32.2. The van der Waals surface area contributed by atoms with Gasteiger partial charge in [-0.3, -0.25) is 9.10 Å². The van der Waals surface area contributed by atoms with Crippen LogP contribution in [0.1, 0.15) is 13.3 Å². The lowest BCUT2D eigenvalue weighted by atomic mass is 10.2. The van der Waals surface area contributed by atoms with E-state index in [-0.39, 0.29) is 12.7 Å². The van der Waals surface area contributed by atoms with Gasteiger partial charge in [0.2, 0.25) is 16.8 Å². The Bertz CT molecular complexity index is 959. The molecule has 1 atom stereocenters. The normalized spacial score (nSPS) is 13.7. The highest BCUT2D eigenvalue weighted by Gasteiger charge is 2.21. The molecule has 0 aromatic heterocycles. The lowest BCUT2D eigenvalue weighted by molar-refractivity contribution is -0.122. The number of nitrogens with zero attached hydrogens (tertiary/aromatic N) is 1. The molecule has 2 aromatic carbocycles. The average molecular weight is 406 g/mol. The predicted octanol–water partition coefficient (Wildman–Crippen LogP) is 2.61. The standard InChI is InChI=1S/C19H22N2O6S/c1-4-16(19(22)20-13-5-10-17-18(11-13)26-12-25-17)27-15-8-6-14(7-9-15)21(2)28(3,23)24/h5-11,16H,4,12H2,1-3H3,(H,20,22). The summed E-state index contributed by atoms with van der Waals surface area (Å²) in [7, 11) is -1.87. The molecular weight excluding hydrogens is 384 g/mol. The Morgan fingerprint density at radius 1 is 1.18 bits per heavy atom. The van der Waals surface area contributed by atoms with E-state index in [1.54, 1.807) is 42.5 Å². The lowest BCUT2D eigenvalue weighted by Gasteiger charge is -2.19. The molecule has 0 radical (unpaired) electrons. The highest BCUT2D eigenvalue weighted by molar-refractivity contribution is 7.92. The summed E-state index contributed by atoms with van der Waals surface area (Å²) < 4.78 is 40.7. The zero-order valence-corrected chi connectivity index (χ0v) is 16.7. The van der Waals surface area contributed by atoms with Gasteiger partial charge in [-0.05, 0) is 42.8 Å². The van der Waals surface area contributed by atoms with E-state index in [9.17, 15) is 13.2 Å². The van der Waals surface area contributed by atoms with Crippen molar-refractivity contribution in [2.45, 2.75) is 19.4 Å². The van der Waals surface area contributed by atoms with Crippen LogP contribution in [0.25, 0.3) is 0 Å². The summed E-state index contributed by atoms with van der Waals surface area (Å²) in [4.78, 5) is 12.6. The zero-order chi connectivity index (χ0) is 20.3. The van der Waals surface area contributed by atoms with E-state index >= 15 is 0 Å². The Hall–Kier alpha value is -2.94. The second-order valence-electron chi connectivity index (χ2n) is 6.30. The maximum Gasteiger partial charge on any atom is 0.265 e. The lowest BCUT2D eigenvalue weighted by Crippen LogP contribution is -2.32. The molecule has 1 N–H and O–H groups in total. The van der Waals surface area contributed by atoms with Crippen molar-refractivity contribution in [1.29, 1.82) is 0 Å². The molecule has 9 heteroatoms. The van der Waals surface area contributed by atoms with Crippen molar-refractivity contribution in [1.82, 2.24) is 0 Å². The van der Waals surface area contributed by atoms with Gasteiger partial charge in [0, 0.05) is 18.8 Å². The zero-order valence-electron chi connectivity index (χ0n) is 15.8. The third kappa shape index (κ3) is 4.48. The molecule has 1 aliphatic heterocycles. The fourth-order valence-corrected chi connectivity index (χ4v) is 3.11. The molecule has 1 aliphatic rings. The molecule has 3 rings (SSSR count). The topological polar surface area (TPSA) is 94.2 Å². The fraction of sp³-hybridized carbons (Fsp3) is 0.316. The van der Waals surface area contributed by atoms with Crippen LogP contribution in [0.4, 0.5) is 11.4 Å². The largest absolute Gasteiger partial charge is 0.481 e. The van der Waals surface area contributed by atoms with Gasteiger partial charge in [-0.1, -0.05) is 6.92 Å². The number of benzene rings is 2. The van der Waals surface area contributed by atoms with Crippen LogP contribution in [0.5, 0.6) is 17.2 Å². The van der Waals surface area contributed by atoms with E-state index in [0.717, 1.165) is 6.26 Å². The Kier molecular flexibility index (Phi) is 5.64. The SMILES string of the molecule is CCC(Oc1ccc(N(C)S(C)(=O)=O)cc1)C(=O)Nc1ccc2c(c1)OCO2. The molecule has 8 nitrogen and oxygen atoms in total. The number of fused-ring (bicyclic) bond motifs is 1. The van der Waals surface area contributed by atoms with E-state index < -0.39 is 16.1 Å². The van der Waals surface area contributed by atoms with E-state index in [2.05, 4.69) is 5.32 Å². The first-order valence-electron chi connectivity index (χ1n) is 8.69. The smallest absolute Gasteiger partial charge is 0.265 e. The molecule has 28 heavy (non-hydrogen) atoms. The molecule has 0 saturated carbocycles. The molecule has 1 unspecified atom stereocenters. The number of carbonyl (C=O) groups is 1. The highest BCUT2D eigenvalue weighted by Crippen LogP contribution is 2.34. The van der Waals surface area contributed by atoms with Gasteiger partial charge in [0.25, 0.3) is 5.91 Å². The van der Waals surface area contributed by atoms with Gasteiger partial charge in [0.05, 0.1) is 11.9 Å². The first kappa shape index (κ1) is 19.8. The number of ether oxygens (including phenoxy) is 3. The summed E-state index contributed by atoms with van der Waals surface area (Å²) in [5, 5.41) is 2.81. The van der Waals surface area contributed by atoms with Crippen LogP contribution < -0.4 is 23.8 Å². The summed E-state index contributed by atoms with van der Waals surface area (Å²) in [6.07, 6.45) is 0.885. The minimum atomic E-state index is -3.34. The van der Waals surface area contributed by atoms with Gasteiger partial charge in [0.1, 0.15) is 5.75 Å². The van der Waals surface area contributed by atoms with Crippen LogP contribution in [0.2, 0.25) is 0 Å².